The maximum Gasteiger partial charge on any atom is 0.319 e. The first-order valence-corrected chi connectivity index (χ1v) is 3.01. The fourth-order valence-corrected chi connectivity index (χ4v) is 0.669. The lowest BCUT2D eigenvalue weighted by atomic mass is 10.6. The highest BCUT2D eigenvalue weighted by Crippen LogP contribution is 1.86. The summed E-state index contributed by atoms with van der Waals surface area (Å²) < 4.78 is 0. The SMILES string of the molecule is O=C(O)CNN1C=NCC1. The highest BCUT2D eigenvalue weighted by molar-refractivity contribution is 5.69. The van der Waals surface area contributed by atoms with Crippen LogP contribution in [-0.4, -0.2) is 42.1 Å². The number of carbonyl (C=O) groups is 1. The van der Waals surface area contributed by atoms with E-state index in [1.165, 1.54) is 0 Å². The molecule has 5 nitrogen and oxygen atoms in total. The second-order valence-electron chi connectivity index (χ2n) is 1.94. The van der Waals surface area contributed by atoms with Crippen LogP contribution in [0.25, 0.3) is 0 Å². The van der Waals surface area contributed by atoms with E-state index >= 15 is 0 Å². The molecule has 1 rings (SSSR count). The molecule has 2 N–H and O–H groups in total. The lowest BCUT2D eigenvalue weighted by molar-refractivity contribution is -0.136. The summed E-state index contributed by atoms with van der Waals surface area (Å²) in [6.07, 6.45) is 1.60. The predicted molar refractivity (Wildman–Crippen MR) is 35.7 cm³/mol. The average Bonchev–Trinajstić information content (AvgIpc) is 2.34. The molecule has 0 radical (unpaired) electrons. The second-order valence-corrected chi connectivity index (χ2v) is 1.94. The summed E-state index contributed by atoms with van der Waals surface area (Å²) >= 11 is 0. The Labute approximate surface area is 58.3 Å². The Balaban J connectivity index is 2.13. The molecule has 0 fully saturated rings. The number of carboxylic acids is 1. The number of carboxylic acid groups (broad SMARTS) is 1. The molecule has 0 spiro atoms. The Hall–Kier alpha value is -1.10. The minimum Gasteiger partial charge on any atom is -0.480 e. The second kappa shape index (κ2) is 3.17. The lowest BCUT2D eigenvalue weighted by Crippen LogP contribution is -2.38. The molecule has 0 atom stereocenters. The fraction of sp³-hybridized carbons (Fsp3) is 0.600. The predicted octanol–water partition coefficient (Wildman–Crippen LogP) is -1.08. The molecule has 1 aliphatic heterocycles. The van der Waals surface area contributed by atoms with Crippen molar-refractivity contribution in [1.82, 2.24) is 10.4 Å². The first-order valence-electron chi connectivity index (χ1n) is 3.01. The van der Waals surface area contributed by atoms with E-state index in [1.54, 1.807) is 11.3 Å². The van der Waals surface area contributed by atoms with Crippen LogP contribution in [-0.2, 0) is 4.79 Å². The van der Waals surface area contributed by atoms with Gasteiger partial charge in [-0.15, -0.1) is 0 Å². The molecule has 5 heteroatoms. The molecule has 0 aromatic rings. The van der Waals surface area contributed by atoms with Gasteiger partial charge in [0.2, 0.25) is 0 Å². The summed E-state index contributed by atoms with van der Waals surface area (Å²) in [5.74, 6) is -0.861. The Morgan fingerprint density at radius 1 is 1.90 bits per heavy atom. The summed E-state index contributed by atoms with van der Waals surface area (Å²) in [5, 5.41) is 9.90. The third-order valence-corrected chi connectivity index (χ3v) is 1.12. The van der Waals surface area contributed by atoms with E-state index < -0.39 is 5.97 Å². The summed E-state index contributed by atoms with van der Waals surface area (Å²) in [4.78, 5) is 13.9. The first kappa shape index (κ1) is 7.01. The Morgan fingerprint density at radius 2 is 2.70 bits per heavy atom. The summed E-state index contributed by atoms with van der Waals surface area (Å²) in [5.41, 5.74) is 2.67. The van der Waals surface area contributed by atoms with Crippen LogP contribution in [0.4, 0.5) is 0 Å². The topological polar surface area (TPSA) is 64.9 Å². The molecule has 0 saturated carbocycles. The van der Waals surface area contributed by atoms with E-state index in [2.05, 4.69) is 10.4 Å². The molecule has 0 unspecified atom stereocenters. The maximum absolute atomic E-state index is 10.0. The Bertz CT molecular complexity index is 157. The third kappa shape index (κ3) is 2.02. The van der Waals surface area contributed by atoms with Crippen LogP contribution in [0, 0.1) is 0 Å². The van der Waals surface area contributed by atoms with E-state index in [4.69, 9.17) is 5.11 Å². The molecule has 1 aliphatic rings. The molecule has 0 bridgehead atoms. The normalized spacial score (nSPS) is 16.2. The smallest absolute Gasteiger partial charge is 0.319 e. The molecule has 0 aliphatic carbocycles. The van der Waals surface area contributed by atoms with Crippen molar-refractivity contribution < 1.29 is 9.90 Å². The van der Waals surface area contributed by atoms with Gasteiger partial charge >= 0.3 is 5.97 Å². The van der Waals surface area contributed by atoms with Gasteiger partial charge in [-0.1, -0.05) is 0 Å². The monoisotopic (exact) mass is 143 g/mol. The van der Waals surface area contributed by atoms with Gasteiger partial charge in [-0.25, -0.2) is 5.43 Å². The summed E-state index contributed by atoms with van der Waals surface area (Å²) in [6.45, 7) is 1.45. The molecule has 0 aromatic heterocycles. The van der Waals surface area contributed by atoms with Crippen LogP contribution in [0.5, 0.6) is 0 Å². The Kier molecular flexibility index (Phi) is 2.22. The van der Waals surface area contributed by atoms with Crippen molar-refractivity contribution in [3.8, 4) is 0 Å². The quantitative estimate of drug-likeness (QED) is 0.527. The highest BCUT2D eigenvalue weighted by Gasteiger charge is 2.04. The van der Waals surface area contributed by atoms with Gasteiger partial charge in [0.1, 0.15) is 6.54 Å². The number of aliphatic carboxylic acids is 1. The number of nitrogens with zero attached hydrogens (tertiary/aromatic N) is 2. The Morgan fingerprint density at radius 3 is 3.20 bits per heavy atom. The van der Waals surface area contributed by atoms with E-state index in [0.717, 1.165) is 13.1 Å². The minimum atomic E-state index is -0.861. The molecule has 56 valence electrons. The number of hydrogen-bond donors (Lipinski definition) is 2. The van der Waals surface area contributed by atoms with Crippen LogP contribution >= 0.6 is 0 Å². The van der Waals surface area contributed by atoms with Gasteiger partial charge in [0.25, 0.3) is 0 Å². The van der Waals surface area contributed by atoms with E-state index in [9.17, 15) is 4.79 Å². The van der Waals surface area contributed by atoms with Gasteiger partial charge in [0, 0.05) is 0 Å². The molecule has 0 amide bonds. The lowest BCUT2D eigenvalue weighted by Gasteiger charge is -2.12. The highest BCUT2D eigenvalue weighted by atomic mass is 16.4. The number of hydrazine groups is 1. The van der Waals surface area contributed by atoms with Crippen molar-refractivity contribution in [3.05, 3.63) is 0 Å². The molecular formula is C5H9N3O2. The zero-order valence-corrected chi connectivity index (χ0v) is 5.45. The van der Waals surface area contributed by atoms with Crippen LogP contribution in [0.3, 0.4) is 0 Å². The van der Waals surface area contributed by atoms with Crippen LogP contribution in [0.2, 0.25) is 0 Å². The molecule has 0 aromatic carbocycles. The minimum absolute atomic E-state index is 0.0496. The standard InChI is InChI=1S/C5H9N3O2/c9-5(10)3-7-8-2-1-6-4-8/h4,7H,1-3H2,(H,9,10). The van der Waals surface area contributed by atoms with E-state index in [0.29, 0.717) is 0 Å². The summed E-state index contributed by atoms with van der Waals surface area (Å²) in [7, 11) is 0. The van der Waals surface area contributed by atoms with Crippen molar-refractivity contribution in [2.24, 2.45) is 4.99 Å². The molecule has 10 heavy (non-hydrogen) atoms. The fourth-order valence-electron chi connectivity index (χ4n) is 0.669. The van der Waals surface area contributed by atoms with Gasteiger partial charge in [-0.2, -0.15) is 0 Å². The average molecular weight is 143 g/mol. The number of rotatable bonds is 3. The van der Waals surface area contributed by atoms with Crippen molar-refractivity contribution in [1.29, 1.82) is 0 Å². The van der Waals surface area contributed by atoms with Gasteiger partial charge in [-0.3, -0.25) is 14.8 Å². The third-order valence-electron chi connectivity index (χ3n) is 1.12. The maximum atomic E-state index is 10.0. The zero-order valence-electron chi connectivity index (χ0n) is 5.45. The van der Waals surface area contributed by atoms with Crippen molar-refractivity contribution in [2.45, 2.75) is 0 Å². The number of aliphatic imine (C=N–C) groups is 1. The van der Waals surface area contributed by atoms with Crippen molar-refractivity contribution in [3.63, 3.8) is 0 Å². The van der Waals surface area contributed by atoms with Gasteiger partial charge in [0.15, 0.2) is 0 Å². The molecule has 1 heterocycles. The van der Waals surface area contributed by atoms with Gasteiger partial charge in [0.05, 0.1) is 19.4 Å². The van der Waals surface area contributed by atoms with Crippen molar-refractivity contribution in [2.75, 3.05) is 19.6 Å². The van der Waals surface area contributed by atoms with Crippen LogP contribution in [0.1, 0.15) is 0 Å². The summed E-state index contributed by atoms with van der Waals surface area (Å²) in [6, 6.07) is 0. The first-order chi connectivity index (χ1) is 4.79. The van der Waals surface area contributed by atoms with E-state index in [1.807, 2.05) is 0 Å². The van der Waals surface area contributed by atoms with Crippen LogP contribution in [0.15, 0.2) is 4.99 Å². The number of hydrogen-bond acceptors (Lipinski definition) is 4. The van der Waals surface area contributed by atoms with E-state index in [-0.39, 0.29) is 6.54 Å². The van der Waals surface area contributed by atoms with Crippen LogP contribution < -0.4 is 5.43 Å². The largest absolute Gasteiger partial charge is 0.480 e. The molecular weight excluding hydrogens is 134 g/mol. The van der Waals surface area contributed by atoms with Crippen molar-refractivity contribution >= 4 is 12.3 Å². The van der Waals surface area contributed by atoms with Gasteiger partial charge in [-0.05, 0) is 0 Å². The number of nitrogens with one attached hydrogen (secondary N) is 1. The molecule has 0 saturated heterocycles. The zero-order chi connectivity index (χ0) is 7.40. The van der Waals surface area contributed by atoms with Gasteiger partial charge < -0.3 is 5.11 Å².